The Hall–Kier alpha value is -0.930. The van der Waals surface area contributed by atoms with Crippen LogP contribution >= 0.6 is 0 Å². The van der Waals surface area contributed by atoms with E-state index in [1.807, 2.05) is 12.1 Å². The van der Waals surface area contributed by atoms with Crippen LogP contribution in [0.5, 0.6) is 0 Å². The second-order valence-corrected chi connectivity index (χ2v) is 6.83. The van der Waals surface area contributed by atoms with Gasteiger partial charge >= 0.3 is 0 Å². The van der Waals surface area contributed by atoms with Gasteiger partial charge in [-0.1, -0.05) is 26.0 Å². The molecule has 1 atom stereocenters. The number of hydrogen-bond acceptors (Lipinski definition) is 2. The van der Waals surface area contributed by atoms with Crippen LogP contribution in [0.3, 0.4) is 0 Å². The minimum Gasteiger partial charge on any atom is -0.316 e. The van der Waals surface area contributed by atoms with Crippen LogP contribution in [0.15, 0.2) is 24.3 Å². The van der Waals surface area contributed by atoms with Gasteiger partial charge in [-0.05, 0) is 62.0 Å². The predicted octanol–water partition coefficient (Wildman–Crippen LogP) is 3.28. The largest absolute Gasteiger partial charge is 0.316 e. The van der Waals surface area contributed by atoms with Crippen molar-refractivity contribution in [3.63, 3.8) is 0 Å². The predicted molar refractivity (Wildman–Crippen MR) is 82.1 cm³/mol. The van der Waals surface area contributed by atoms with Gasteiger partial charge in [0.15, 0.2) is 0 Å². The number of nitrogens with one attached hydrogen (secondary N) is 1. The van der Waals surface area contributed by atoms with Crippen LogP contribution in [0.1, 0.15) is 32.3 Å². The van der Waals surface area contributed by atoms with E-state index in [2.05, 4.69) is 31.1 Å². The fraction of sp³-hybridized carbons (Fsp3) is 0.647. The second-order valence-electron chi connectivity index (χ2n) is 6.83. The summed E-state index contributed by atoms with van der Waals surface area (Å²) >= 11 is 0. The lowest BCUT2D eigenvalue weighted by Crippen LogP contribution is -2.43. The molecule has 0 spiro atoms. The second kappa shape index (κ2) is 6.68. The van der Waals surface area contributed by atoms with Crippen LogP contribution in [-0.2, 0) is 6.54 Å². The van der Waals surface area contributed by atoms with E-state index < -0.39 is 0 Å². The molecule has 2 nitrogen and oxygen atoms in total. The molecule has 0 aromatic heterocycles. The molecule has 20 heavy (non-hydrogen) atoms. The van der Waals surface area contributed by atoms with Crippen LogP contribution in [0.4, 0.5) is 4.39 Å². The van der Waals surface area contributed by atoms with Gasteiger partial charge < -0.3 is 10.2 Å². The lowest BCUT2D eigenvalue weighted by molar-refractivity contribution is 0.111. The summed E-state index contributed by atoms with van der Waals surface area (Å²) in [5.74, 6) is 0.580. The monoisotopic (exact) mass is 278 g/mol. The van der Waals surface area contributed by atoms with E-state index in [0.29, 0.717) is 5.41 Å². The van der Waals surface area contributed by atoms with Crippen LogP contribution < -0.4 is 5.32 Å². The Labute approximate surface area is 122 Å². The van der Waals surface area contributed by atoms with Crippen molar-refractivity contribution in [1.82, 2.24) is 10.2 Å². The highest BCUT2D eigenvalue weighted by atomic mass is 19.1. The topological polar surface area (TPSA) is 15.3 Å². The summed E-state index contributed by atoms with van der Waals surface area (Å²) in [4.78, 5) is 2.35. The first-order valence-corrected chi connectivity index (χ1v) is 7.61. The molecule has 1 saturated heterocycles. The van der Waals surface area contributed by atoms with E-state index in [9.17, 15) is 4.39 Å². The molecule has 1 heterocycles. The van der Waals surface area contributed by atoms with Crippen molar-refractivity contribution < 1.29 is 4.39 Å². The molecule has 1 aromatic rings. The highest BCUT2D eigenvalue weighted by Gasteiger charge is 2.31. The molecule has 0 radical (unpaired) electrons. The Morgan fingerprint density at radius 1 is 1.30 bits per heavy atom. The summed E-state index contributed by atoms with van der Waals surface area (Å²) in [6.45, 7) is 8.98. The molecule has 1 aliphatic heterocycles. The van der Waals surface area contributed by atoms with Crippen molar-refractivity contribution >= 4 is 0 Å². The van der Waals surface area contributed by atoms with Gasteiger partial charge in [0.25, 0.3) is 0 Å². The number of rotatable bonds is 5. The molecule has 0 aliphatic carbocycles. The van der Waals surface area contributed by atoms with Gasteiger partial charge in [-0.15, -0.1) is 0 Å². The molecule has 1 unspecified atom stereocenters. The van der Waals surface area contributed by atoms with Crippen molar-refractivity contribution in [2.45, 2.75) is 33.2 Å². The summed E-state index contributed by atoms with van der Waals surface area (Å²) in [7, 11) is 2.15. The Morgan fingerprint density at radius 2 is 2.00 bits per heavy atom. The standard InChI is InChI=1S/C17H27FN2/c1-17(2,15-5-4-10-19-11-15)13-20(3)12-14-6-8-16(18)9-7-14/h6-9,15,19H,4-5,10-13H2,1-3H3. The average Bonchev–Trinajstić information content (AvgIpc) is 2.42. The third kappa shape index (κ3) is 4.29. The Morgan fingerprint density at radius 3 is 2.60 bits per heavy atom. The van der Waals surface area contributed by atoms with Crippen molar-refractivity contribution in [1.29, 1.82) is 0 Å². The van der Waals surface area contributed by atoms with Gasteiger partial charge in [0.05, 0.1) is 0 Å². The van der Waals surface area contributed by atoms with Gasteiger partial charge in [-0.3, -0.25) is 0 Å². The molecular formula is C17H27FN2. The number of halogens is 1. The number of benzene rings is 1. The molecule has 112 valence electrons. The zero-order valence-electron chi connectivity index (χ0n) is 13.0. The lowest BCUT2D eigenvalue weighted by Gasteiger charge is -2.40. The number of nitrogens with zero attached hydrogens (tertiary/aromatic N) is 1. The first-order valence-electron chi connectivity index (χ1n) is 7.61. The quantitative estimate of drug-likeness (QED) is 0.889. The highest BCUT2D eigenvalue weighted by Crippen LogP contribution is 2.32. The molecule has 1 aromatic carbocycles. The normalized spacial score (nSPS) is 20.4. The molecule has 1 fully saturated rings. The highest BCUT2D eigenvalue weighted by molar-refractivity contribution is 5.15. The summed E-state index contributed by atoms with van der Waals surface area (Å²) in [6.07, 6.45) is 2.61. The molecule has 2 rings (SSSR count). The third-order valence-electron chi connectivity index (χ3n) is 4.45. The molecule has 0 bridgehead atoms. The lowest BCUT2D eigenvalue weighted by atomic mass is 9.74. The summed E-state index contributed by atoms with van der Waals surface area (Å²) in [6, 6.07) is 6.83. The van der Waals surface area contributed by atoms with Gasteiger partial charge in [-0.25, -0.2) is 4.39 Å². The maximum absolute atomic E-state index is 12.9. The van der Waals surface area contributed by atoms with E-state index in [-0.39, 0.29) is 5.82 Å². The summed E-state index contributed by atoms with van der Waals surface area (Å²) in [5, 5.41) is 3.51. The van der Waals surface area contributed by atoms with Crippen LogP contribution in [0.25, 0.3) is 0 Å². The molecule has 0 amide bonds. The van der Waals surface area contributed by atoms with E-state index in [0.717, 1.165) is 32.1 Å². The van der Waals surface area contributed by atoms with E-state index in [4.69, 9.17) is 0 Å². The van der Waals surface area contributed by atoms with E-state index in [1.54, 1.807) is 12.1 Å². The third-order valence-corrected chi connectivity index (χ3v) is 4.45. The van der Waals surface area contributed by atoms with Crippen LogP contribution in [-0.4, -0.2) is 31.6 Å². The Bertz CT molecular complexity index is 408. The maximum Gasteiger partial charge on any atom is 0.123 e. The van der Waals surface area contributed by atoms with Crippen LogP contribution in [0, 0.1) is 17.2 Å². The molecule has 1 aliphatic rings. The number of hydrogen-bond donors (Lipinski definition) is 1. The minimum atomic E-state index is -0.162. The Kier molecular flexibility index (Phi) is 5.17. The molecule has 0 saturated carbocycles. The smallest absolute Gasteiger partial charge is 0.123 e. The zero-order chi connectivity index (χ0) is 14.6. The molecular weight excluding hydrogens is 251 g/mol. The van der Waals surface area contributed by atoms with Crippen molar-refractivity contribution in [3.8, 4) is 0 Å². The fourth-order valence-corrected chi connectivity index (χ4v) is 3.30. The van der Waals surface area contributed by atoms with Gasteiger partial charge in [-0.2, -0.15) is 0 Å². The Balaban J connectivity index is 1.89. The minimum absolute atomic E-state index is 0.162. The van der Waals surface area contributed by atoms with Crippen LogP contribution in [0.2, 0.25) is 0 Å². The fourth-order valence-electron chi connectivity index (χ4n) is 3.30. The van der Waals surface area contributed by atoms with Crippen molar-refractivity contribution in [2.24, 2.45) is 11.3 Å². The van der Waals surface area contributed by atoms with Gasteiger partial charge in [0, 0.05) is 13.1 Å². The van der Waals surface area contributed by atoms with Crippen molar-refractivity contribution in [2.75, 3.05) is 26.7 Å². The molecule has 1 N–H and O–H groups in total. The molecule has 3 heteroatoms. The first-order chi connectivity index (χ1) is 9.47. The maximum atomic E-state index is 12.9. The van der Waals surface area contributed by atoms with Gasteiger partial charge in [0.2, 0.25) is 0 Å². The SMILES string of the molecule is CN(Cc1ccc(F)cc1)CC(C)(C)C1CCCNC1. The van der Waals surface area contributed by atoms with E-state index >= 15 is 0 Å². The summed E-state index contributed by atoms with van der Waals surface area (Å²) in [5.41, 5.74) is 1.48. The average molecular weight is 278 g/mol. The summed E-state index contributed by atoms with van der Waals surface area (Å²) < 4.78 is 12.9. The van der Waals surface area contributed by atoms with E-state index in [1.165, 1.54) is 18.4 Å². The first kappa shape index (κ1) is 15.5. The van der Waals surface area contributed by atoms with Gasteiger partial charge in [0.1, 0.15) is 5.82 Å². The van der Waals surface area contributed by atoms with Crippen molar-refractivity contribution in [3.05, 3.63) is 35.6 Å². The number of piperidine rings is 1. The zero-order valence-corrected chi connectivity index (χ0v) is 13.0.